The lowest BCUT2D eigenvalue weighted by Crippen LogP contribution is -2.30. The van der Waals surface area contributed by atoms with E-state index in [-0.39, 0.29) is 13.2 Å². The van der Waals surface area contributed by atoms with E-state index in [2.05, 4.69) is 6.92 Å². The molecule has 1 heterocycles. The Morgan fingerprint density at radius 3 is 1.46 bits per heavy atom. The van der Waals surface area contributed by atoms with Gasteiger partial charge in [0.25, 0.3) is 0 Å². The van der Waals surface area contributed by atoms with E-state index in [0.29, 0.717) is 130 Å². The Morgan fingerprint density at radius 1 is 0.577 bits per heavy atom. The van der Waals surface area contributed by atoms with Gasteiger partial charge in [-0.05, 0) is 30.5 Å². The number of ether oxygens (including phenoxy) is 12. The highest BCUT2D eigenvalue weighted by Crippen LogP contribution is 2.23. The molecule has 0 aliphatic carbocycles. The number of esters is 1. The van der Waals surface area contributed by atoms with Gasteiger partial charge in [-0.1, -0.05) is 57.9 Å². The van der Waals surface area contributed by atoms with Gasteiger partial charge in [-0.15, -0.1) is 0 Å². The third-order valence-corrected chi connectivity index (χ3v) is 8.05. The van der Waals surface area contributed by atoms with Crippen LogP contribution in [0.2, 0.25) is 0 Å². The molecule has 1 unspecified atom stereocenters. The summed E-state index contributed by atoms with van der Waals surface area (Å²) in [5.41, 5.74) is 1.50. The highest BCUT2D eigenvalue weighted by Gasteiger charge is 2.17. The first-order valence-electron chi connectivity index (χ1n) is 19.4. The van der Waals surface area contributed by atoms with Crippen LogP contribution >= 0.6 is 0 Å². The van der Waals surface area contributed by atoms with Crippen LogP contribution in [0.5, 0.6) is 5.75 Å². The standard InChI is InChI=1S/C39H68O13/c1-3-4-5-6-7-8-9-10-11-35-12-13-38(37(32-35)39(40)41-2)52-34-36-33-50-29-28-48-25-24-46-21-20-44-17-16-42-14-15-43-18-19-45-22-23-47-26-27-49-30-31-51-36/h12-13,32,36H,3-11,14-31,33-34H2,1-2H3. The Bertz CT molecular complexity index is 921. The van der Waals surface area contributed by atoms with Crippen LogP contribution < -0.4 is 4.74 Å². The highest BCUT2D eigenvalue weighted by atomic mass is 16.6. The van der Waals surface area contributed by atoms with Gasteiger partial charge in [0.15, 0.2) is 0 Å². The molecule has 0 bridgehead atoms. The van der Waals surface area contributed by atoms with Crippen LogP contribution in [0.4, 0.5) is 0 Å². The summed E-state index contributed by atoms with van der Waals surface area (Å²) in [6, 6.07) is 5.75. The molecule has 13 nitrogen and oxygen atoms in total. The number of methoxy groups -OCH3 is 1. The van der Waals surface area contributed by atoms with E-state index in [1.807, 2.05) is 18.2 Å². The first-order chi connectivity index (χ1) is 25.7. The van der Waals surface area contributed by atoms with E-state index in [1.54, 1.807) is 0 Å². The van der Waals surface area contributed by atoms with E-state index in [1.165, 1.54) is 52.1 Å². The van der Waals surface area contributed by atoms with Gasteiger partial charge in [0.2, 0.25) is 0 Å². The zero-order valence-corrected chi connectivity index (χ0v) is 32.1. The largest absolute Gasteiger partial charge is 0.490 e. The molecule has 0 radical (unpaired) electrons. The maximum absolute atomic E-state index is 12.7. The molecule has 52 heavy (non-hydrogen) atoms. The van der Waals surface area contributed by atoms with E-state index >= 15 is 0 Å². The molecule has 1 aliphatic rings. The molecule has 0 aromatic heterocycles. The lowest BCUT2D eigenvalue weighted by Gasteiger charge is -2.20. The second-order valence-corrected chi connectivity index (χ2v) is 12.3. The minimum atomic E-state index is -0.430. The van der Waals surface area contributed by atoms with Crippen molar-refractivity contribution in [3.8, 4) is 5.75 Å². The maximum atomic E-state index is 12.7. The molecule has 0 N–H and O–H groups in total. The van der Waals surface area contributed by atoms with Crippen molar-refractivity contribution in [3.05, 3.63) is 29.3 Å². The van der Waals surface area contributed by atoms with E-state index in [9.17, 15) is 4.79 Å². The Kier molecular flexibility index (Phi) is 31.0. The molecule has 302 valence electrons. The Hall–Kier alpha value is -1.91. The normalized spacial score (nSPS) is 20.1. The minimum Gasteiger partial charge on any atom is -0.490 e. The summed E-state index contributed by atoms with van der Waals surface area (Å²) in [5, 5.41) is 0. The molecule has 1 aliphatic heterocycles. The summed E-state index contributed by atoms with van der Waals surface area (Å²) in [5.74, 6) is 0.0243. The summed E-state index contributed by atoms with van der Waals surface area (Å²) in [7, 11) is 1.38. The van der Waals surface area contributed by atoms with Crippen LogP contribution in [0.1, 0.15) is 74.2 Å². The fraction of sp³-hybridized carbons (Fsp3) is 0.821. The summed E-state index contributed by atoms with van der Waals surface area (Å²) in [6.07, 6.45) is 10.5. The molecule has 0 amide bonds. The predicted molar refractivity (Wildman–Crippen MR) is 197 cm³/mol. The summed E-state index contributed by atoms with van der Waals surface area (Å²) >= 11 is 0. The van der Waals surface area contributed by atoms with Gasteiger partial charge in [0.05, 0.1) is 133 Å². The molecule has 2 rings (SSSR count). The summed E-state index contributed by atoms with van der Waals surface area (Å²) in [4.78, 5) is 12.7. The van der Waals surface area contributed by atoms with Crippen molar-refractivity contribution in [2.45, 2.75) is 70.8 Å². The summed E-state index contributed by atoms with van der Waals surface area (Å²) in [6.45, 7) is 11.0. The summed E-state index contributed by atoms with van der Waals surface area (Å²) < 4.78 is 67.6. The van der Waals surface area contributed by atoms with Crippen LogP contribution in [0.25, 0.3) is 0 Å². The van der Waals surface area contributed by atoms with Crippen LogP contribution in [-0.2, 0) is 58.5 Å². The van der Waals surface area contributed by atoms with Gasteiger partial charge in [0.1, 0.15) is 24.0 Å². The lowest BCUT2D eigenvalue weighted by molar-refractivity contribution is -0.0685. The molecule has 1 aromatic rings. The van der Waals surface area contributed by atoms with Crippen molar-refractivity contribution < 1.29 is 61.6 Å². The molecule has 1 fully saturated rings. The SMILES string of the molecule is CCCCCCCCCCc1ccc(OCC2COCCOCCOCCOCCOCCOCCOCCOCCOCCO2)c(C(=O)OC)c1. The smallest absolute Gasteiger partial charge is 0.341 e. The molecule has 1 atom stereocenters. The van der Waals surface area contributed by atoms with Gasteiger partial charge in [-0.25, -0.2) is 4.79 Å². The molecule has 13 heteroatoms. The van der Waals surface area contributed by atoms with Crippen molar-refractivity contribution >= 4 is 5.97 Å². The van der Waals surface area contributed by atoms with Crippen molar-refractivity contribution in [2.24, 2.45) is 0 Å². The third-order valence-electron chi connectivity index (χ3n) is 8.05. The van der Waals surface area contributed by atoms with Crippen LogP contribution in [0, 0.1) is 0 Å². The van der Waals surface area contributed by atoms with Gasteiger partial charge in [0, 0.05) is 0 Å². The van der Waals surface area contributed by atoms with Crippen molar-refractivity contribution in [2.75, 3.05) is 139 Å². The number of unbranched alkanes of at least 4 members (excludes halogenated alkanes) is 7. The van der Waals surface area contributed by atoms with Gasteiger partial charge in [-0.3, -0.25) is 0 Å². The fourth-order valence-corrected chi connectivity index (χ4v) is 5.17. The Labute approximate surface area is 312 Å². The topological polar surface area (TPSA) is 128 Å². The number of rotatable bonds is 13. The maximum Gasteiger partial charge on any atom is 0.341 e. The fourth-order valence-electron chi connectivity index (χ4n) is 5.17. The number of hydrogen-bond acceptors (Lipinski definition) is 13. The van der Waals surface area contributed by atoms with Crippen molar-refractivity contribution in [3.63, 3.8) is 0 Å². The minimum absolute atomic E-state index is 0.179. The Balaban J connectivity index is 1.82. The molecule has 0 saturated carbocycles. The Morgan fingerprint density at radius 2 is 1.00 bits per heavy atom. The molecule has 0 spiro atoms. The third kappa shape index (κ3) is 26.0. The zero-order valence-electron chi connectivity index (χ0n) is 32.1. The average molecular weight is 745 g/mol. The molecule has 1 saturated heterocycles. The van der Waals surface area contributed by atoms with Crippen LogP contribution in [0.3, 0.4) is 0 Å². The molecular weight excluding hydrogens is 676 g/mol. The van der Waals surface area contributed by atoms with Gasteiger partial charge in [-0.2, -0.15) is 0 Å². The predicted octanol–water partition coefficient (Wildman–Crippen LogP) is 5.08. The van der Waals surface area contributed by atoms with Gasteiger partial charge < -0.3 is 56.8 Å². The second kappa shape index (κ2) is 34.8. The van der Waals surface area contributed by atoms with Gasteiger partial charge >= 0.3 is 5.97 Å². The van der Waals surface area contributed by atoms with Crippen molar-refractivity contribution in [1.82, 2.24) is 0 Å². The first kappa shape index (κ1) is 46.2. The van der Waals surface area contributed by atoms with Crippen LogP contribution in [-0.4, -0.2) is 151 Å². The quantitative estimate of drug-likeness (QED) is 0.197. The number of carbonyl (C=O) groups is 1. The van der Waals surface area contributed by atoms with E-state index < -0.39 is 12.1 Å². The van der Waals surface area contributed by atoms with E-state index in [4.69, 9.17) is 56.8 Å². The van der Waals surface area contributed by atoms with Crippen LogP contribution in [0.15, 0.2) is 18.2 Å². The lowest BCUT2D eigenvalue weighted by atomic mass is 10.0. The first-order valence-corrected chi connectivity index (χ1v) is 19.4. The second-order valence-electron chi connectivity index (χ2n) is 12.3. The zero-order chi connectivity index (χ0) is 37.0. The number of carbonyl (C=O) groups excluding carboxylic acids is 1. The number of hydrogen-bond donors (Lipinski definition) is 0. The highest BCUT2D eigenvalue weighted by molar-refractivity contribution is 5.92. The van der Waals surface area contributed by atoms with Crippen molar-refractivity contribution in [1.29, 1.82) is 0 Å². The van der Waals surface area contributed by atoms with E-state index in [0.717, 1.165) is 18.4 Å². The molecule has 1 aromatic carbocycles. The average Bonchev–Trinajstić information content (AvgIpc) is 3.16. The number of aryl methyl sites for hydroxylation is 1. The monoisotopic (exact) mass is 744 g/mol. The molecular formula is C39H68O13. The number of benzene rings is 1.